The molecule has 0 heterocycles. The van der Waals surface area contributed by atoms with Gasteiger partial charge < -0.3 is 11.1 Å². The fraction of sp³-hybridized carbons (Fsp3) is 0.222. The molecule has 0 spiro atoms. The first kappa shape index (κ1) is 10.7. The maximum atomic E-state index is 13.1. The minimum absolute atomic E-state index is 0.0629. The van der Waals surface area contributed by atoms with Crippen LogP contribution in [-0.4, -0.2) is 20.3 Å². The molecule has 0 fully saturated rings. The highest BCUT2D eigenvalue weighted by Crippen LogP contribution is 2.03. The summed E-state index contributed by atoms with van der Waals surface area (Å²) in [5.41, 5.74) is 6.47. The molecule has 1 aromatic rings. The Morgan fingerprint density at radius 3 is 2.93 bits per heavy atom. The Morgan fingerprint density at radius 2 is 2.29 bits per heavy atom. The average molecular weight is 194 g/mol. The van der Waals surface area contributed by atoms with Crippen molar-refractivity contribution < 1.29 is 9.18 Å². The number of benzene rings is 1. The lowest BCUT2D eigenvalue weighted by atomic mass is 9.94. The molecule has 3 N–H and O–H groups in total. The maximum absolute atomic E-state index is 13.1. The first-order chi connectivity index (χ1) is 6.59. The molecule has 3 nitrogen and oxygen atoms in total. The summed E-state index contributed by atoms with van der Waals surface area (Å²) in [7, 11) is 1.89. The molecule has 14 heavy (non-hydrogen) atoms. The van der Waals surface area contributed by atoms with E-state index in [0.717, 1.165) is 5.46 Å². The third-order valence-electron chi connectivity index (χ3n) is 1.82. The number of hydrogen-bond donors (Lipinski definition) is 2. The van der Waals surface area contributed by atoms with Crippen LogP contribution in [0.25, 0.3) is 0 Å². The summed E-state index contributed by atoms with van der Waals surface area (Å²) in [4.78, 5) is 10.4. The van der Waals surface area contributed by atoms with Crippen LogP contribution in [0.4, 0.5) is 4.39 Å². The summed E-state index contributed by atoms with van der Waals surface area (Å²) in [5, 5.41) is 2.75. The molecule has 0 saturated carbocycles. The molecule has 0 unspecified atom stereocenters. The lowest BCUT2D eigenvalue weighted by molar-refractivity contribution is -0.117. The number of nitrogens with two attached hydrogens (primary N) is 1. The number of carbonyl (C=O) groups is 1. The van der Waals surface area contributed by atoms with Gasteiger partial charge in [-0.2, -0.15) is 0 Å². The summed E-state index contributed by atoms with van der Waals surface area (Å²) >= 11 is 0. The average Bonchev–Trinajstić information content (AvgIpc) is 2.10. The van der Waals surface area contributed by atoms with Gasteiger partial charge in [-0.05, 0) is 6.07 Å². The summed E-state index contributed by atoms with van der Waals surface area (Å²) < 4.78 is 13.1. The maximum Gasteiger partial charge on any atom is 0.231 e. The number of carbonyl (C=O) groups excluding carboxylic acids is 1. The number of rotatable bonds is 4. The van der Waals surface area contributed by atoms with E-state index in [4.69, 9.17) is 5.73 Å². The second kappa shape index (κ2) is 4.76. The largest absolute Gasteiger partial charge is 0.369 e. The highest BCUT2D eigenvalue weighted by molar-refractivity contribution is 6.32. The van der Waals surface area contributed by atoms with Crippen molar-refractivity contribution in [3.8, 4) is 0 Å². The fourth-order valence-corrected chi connectivity index (χ4v) is 1.16. The summed E-state index contributed by atoms with van der Waals surface area (Å²) in [6.45, 7) is 0.379. The second-order valence-corrected chi connectivity index (χ2v) is 3.16. The Balaban J connectivity index is 2.57. The van der Waals surface area contributed by atoms with E-state index in [9.17, 15) is 9.18 Å². The topological polar surface area (TPSA) is 55.1 Å². The van der Waals surface area contributed by atoms with Crippen molar-refractivity contribution in [3.05, 3.63) is 29.6 Å². The molecular weight excluding hydrogens is 182 g/mol. The SMILES string of the molecule is Bc1ccc(F)c(CNCC(N)=O)c1. The van der Waals surface area contributed by atoms with E-state index in [2.05, 4.69) is 5.32 Å². The van der Waals surface area contributed by atoms with E-state index in [1.54, 1.807) is 12.1 Å². The molecular formula is C9H12BFN2O. The van der Waals surface area contributed by atoms with Crippen molar-refractivity contribution in [2.24, 2.45) is 5.73 Å². The molecule has 0 bridgehead atoms. The Hall–Kier alpha value is -1.36. The summed E-state index contributed by atoms with van der Waals surface area (Å²) in [5.74, 6) is -0.717. The number of halogens is 1. The molecule has 0 saturated heterocycles. The van der Waals surface area contributed by atoms with Gasteiger partial charge in [-0.25, -0.2) is 4.39 Å². The number of primary amides is 1. The third kappa shape index (κ3) is 3.18. The number of amides is 1. The van der Waals surface area contributed by atoms with Crippen LogP contribution in [0, 0.1) is 5.82 Å². The zero-order valence-electron chi connectivity index (χ0n) is 8.01. The molecule has 0 atom stereocenters. The van der Waals surface area contributed by atoms with E-state index in [-0.39, 0.29) is 12.4 Å². The predicted octanol–water partition coefficient (Wildman–Crippen LogP) is -1.34. The van der Waals surface area contributed by atoms with Crippen LogP contribution in [-0.2, 0) is 11.3 Å². The lowest BCUT2D eigenvalue weighted by Gasteiger charge is -2.05. The van der Waals surface area contributed by atoms with Crippen molar-refractivity contribution in [3.63, 3.8) is 0 Å². The summed E-state index contributed by atoms with van der Waals surface area (Å²) in [6, 6.07) is 4.85. The highest BCUT2D eigenvalue weighted by Gasteiger charge is 2.01. The lowest BCUT2D eigenvalue weighted by Crippen LogP contribution is -2.28. The molecule has 0 radical (unpaired) electrons. The zero-order valence-corrected chi connectivity index (χ0v) is 8.01. The van der Waals surface area contributed by atoms with Crippen LogP contribution in [0.15, 0.2) is 18.2 Å². The van der Waals surface area contributed by atoms with Gasteiger partial charge in [0, 0.05) is 12.1 Å². The van der Waals surface area contributed by atoms with Crippen LogP contribution in [0.2, 0.25) is 0 Å². The Labute approximate surface area is 82.9 Å². The first-order valence-electron chi connectivity index (χ1n) is 4.33. The van der Waals surface area contributed by atoms with E-state index in [0.29, 0.717) is 12.1 Å². The zero-order chi connectivity index (χ0) is 10.6. The van der Waals surface area contributed by atoms with E-state index in [1.807, 2.05) is 7.85 Å². The molecule has 5 heteroatoms. The van der Waals surface area contributed by atoms with Crippen LogP contribution in [0.3, 0.4) is 0 Å². The van der Waals surface area contributed by atoms with Crippen LogP contribution in [0.1, 0.15) is 5.56 Å². The monoisotopic (exact) mass is 194 g/mol. The van der Waals surface area contributed by atoms with Crippen molar-refractivity contribution in [1.82, 2.24) is 5.32 Å². The Kier molecular flexibility index (Phi) is 3.65. The number of nitrogens with one attached hydrogen (secondary N) is 1. The second-order valence-electron chi connectivity index (χ2n) is 3.16. The van der Waals surface area contributed by atoms with Crippen molar-refractivity contribution >= 4 is 19.2 Å². The van der Waals surface area contributed by atoms with Crippen molar-refractivity contribution in [2.45, 2.75) is 6.54 Å². The molecule has 0 aliphatic rings. The highest BCUT2D eigenvalue weighted by atomic mass is 19.1. The Morgan fingerprint density at radius 1 is 1.57 bits per heavy atom. The fourth-order valence-electron chi connectivity index (χ4n) is 1.16. The third-order valence-corrected chi connectivity index (χ3v) is 1.82. The van der Waals surface area contributed by atoms with E-state index in [1.165, 1.54) is 6.07 Å². The van der Waals surface area contributed by atoms with Crippen LogP contribution < -0.4 is 16.5 Å². The minimum Gasteiger partial charge on any atom is -0.369 e. The van der Waals surface area contributed by atoms with Gasteiger partial charge in [0.05, 0.1) is 6.54 Å². The van der Waals surface area contributed by atoms with Crippen LogP contribution >= 0.6 is 0 Å². The minimum atomic E-state index is -0.446. The summed E-state index contributed by atoms with van der Waals surface area (Å²) in [6.07, 6.45) is 0. The number of hydrogen-bond acceptors (Lipinski definition) is 2. The van der Waals surface area contributed by atoms with E-state index >= 15 is 0 Å². The normalized spacial score (nSPS) is 10.1. The Bertz CT molecular complexity index is 344. The van der Waals surface area contributed by atoms with Gasteiger partial charge in [-0.15, -0.1) is 0 Å². The quantitative estimate of drug-likeness (QED) is 0.583. The standard InChI is InChI=1S/C9H12BFN2O/c10-7-1-2-8(11)6(3-7)4-13-5-9(12)14/h1-3,13H,4-5,10H2,(H2,12,14). The smallest absolute Gasteiger partial charge is 0.231 e. The molecule has 0 aliphatic carbocycles. The van der Waals surface area contributed by atoms with Gasteiger partial charge in [0.2, 0.25) is 5.91 Å². The van der Waals surface area contributed by atoms with Gasteiger partial charge in [0.25, 0.3) is 0 Å². The van der Waals surface area contributed by atoms with Crippen molar-refractivity contribution in [1.29, 1.82) is 0 Å². The molecule has 1 rings (SSSR count). The molecule has 0 aromatic heterocycles. The molecule has 1 amide bonds. The van der Waals surface area contributed by atoms with E-state index < -0.39 is 5.91 Å². The molecule has 1 aromatic carbocycles. The molecule has 74 valence electrons. The molecule has 0 aliphatic heterocycles. The van der Waals surface area contributed by atoms with Gasteiger partial charge in [0.15, 0.2) is 0 Å². The van der Waals surface area contributed by atoms with Crippen LogP contribution in [0.5, 0.6) is 0 Å². The van der Waals surface area contributed by atoms with Gasteiger partial charge in [-0.1, -0.05) is 17.6 Å². The van der Waals surface area contributed by atoms with Gasteiger partial charge >= 0.3 is 0 Å². The van der Waals surface area contributed by atoms with Gasteiger partial charge in [0.1, 0.15) is 13.7 Å². The van der Waals surface area contributed by atoms with Crippen molar-refractivity contribution in [2.75, 3.05) is 6.54 Å². The first-order valence-corrected chi connectivity index (χ1v) is 4.33. The predicted molar refractivity (Wildman–Crippen MR) is 55.5 cm³/mol. The van der Waals surface area contributed by atoms with Gasteiger partial charge in [-0.3, -0.25) is 4.79 Å².